The normalized spacial score (nSPS) is 31.6. The van der Waals surface area contributed by atoms with Crippen molar-refractivity contribution in [1.82, 2.24) is 4.90 Å². The summed E-state index contributed by atoms with van der Waals surface area (Å²) < 4.78 is 18.5. The highest BCUT2D eigenvalue weighted by atomic mass is 16.6. The van der Waals surface area contributed by atoms with Gasteiger partial charge in [-0.1, -0.05) is 36.4 Å². The molecule has 5 aliphatic rings. The lowest BCUT2D eigenvalue weighted by molar-refractivity contribution is -0.950. The highest BCUT2D eigenvalue weighted by Crippen LogP contribution is 2.66. The molecule has 3 aliphatic carbocycles. The van der Waals surface area contributed by atoms with Gasteiger partial charge in [-0.3, -0.25) is 9.59 Å². The molecule has 43 heavy (non-hydrogen) atoms. The summed E-state index contributed by atoms with van der Waals surface area (Å²) >= 11 is 0. The number of carbonyl (C=O) groups excluding carboxylic acids is 3. The SMILES string of the molecule is CN(CCCC(=O)OCc1ccccc1)C(=O)Oc1ccc2c3c1O[C@H]1C(=O)CC[C@@]4(O)[C@@H](C2)[N@@+](C)(CC2CC2)CC[C@]314. The number of piperidine rings is 1. The van der Waals surface area contributed by atoms with Crippen LogP contribution in [0.15, 0.2) is 42.5 Å². The number of amides is 1. The van der Waals surface area contributed by atoms with Crippen LogP contribution in [-0.4, -0.2) is 83.8 Å². The zero-order valence-corrected chi connectivity index (χ0v) is 25.0. The van der Waals surface area contributed by atoms with Crippen LogP contribution >= 0.6 is 0 Å². The van der Waals surface area contributed by atoms with Crippen molar-refractivity contribution in [2.24, 2.45) is 5.92 Å². The molecule has 9 heteroatoms. The molecule has 0 aromatic heterocycles. The van der Waals surface area contributed by atoms with Gasteiger partial charge in [-0.2, -0.15) is 0 Å². The predicted molar refractivity (Wildman–Crippen MR) is 157 cm³/mol. The van der Waals surface area contributed by atoms with Crippen LogP contribution in [-0.2, 0) is 32.8 Å². The number of carbonyl (C=O) groups is 3. The molecule has 3 fully saturated rings. The van der Waals surface area contributed by atoms with Crippen LogP contribution in [0.2, 0.25) is 0 Å². The number of likely N-dealkylation sites (N-methyl/N-ethyl adjacent to an activating group) is 1. The number of benzene rings is 2. The molecule has 1 amide bonds. The van der Waals surface area contributed by atoms with Crippen LogP contribution in [0.25, 0.3) is 0 Å². The van der Waals surface area contributed by atoms with Crippen LogP contribution in [0, 0.1) is 5.92 Å². The van der Waals surface area contributed by atoms with Crippen LogP contribution in [0.1, 0.15) is 61.6 Å². The zero-order chi connectivity index (χ0) is 30.0. The fourth-order valence-corrected chi connectivity index (χ4v) is 8.54. The second kappa shape index (κ2) is 10.3. The maximum atomic E-state index is 13.4. The fraction of sp³-hybridized carbons (Fsp3) is 0.559. The summed E-state index contributed by atoms with van der Waals surface area (Å²) in [5.41, 5.74) is 1.01. The standard InChI is InChI=1S/C34H41N2O7/c1-35(17-6-9-28(38)41-21-23-7-4-3-5-8-23)32(39)42-26-13-12-24-19-27-34(40)15-14-25(37)31-33(34,29(24)30(26)43-31)16-18-36(27,2)20-22-10-11-22/h3-5,7-8,12-13,22,27,31,40H,6,9-11,14-21H2,1-2H3/q+1/t27-,31+,33+,34-,36-/m1/s1. The molecule has 2 aromatic carbocycles. The number of rotatable bonds is 9. The van der Waals surface area contributed by atoms with Gasteiger partial charge in [0.1, 0.15) is 18.2 Å². The van der Waals surface area contributed by atoms with Gasteiger partial charge in [0, 0.05) is 50.8 Å². The smallest absolute Gasteiger partial charge is 0.415 e. The quantitative estimate of drug-likeness (QED) is 0.350. The van der Waals surface area contributed by atoms with Crippen LogP contribution in [0.4, 0.5) is 4.79 Å². The Hall–Kier alpha value is -3.43. The molecule has 7 rings (SSSR count). The lowest BCUT2D eigenvalue weighted by atomic mass is 9.48. The highest BCUT2D eigenvalue weighted by molar-refractivity contribution is 5.90. The summed E-state index contributed by atoms with van der Waals surface area (Å²) in [7, 11) is 3.91. The largest absolute Gasteiger partial charge is 0.477 e. The third kappa shape index (κ3) is 4.54. The summed E-state index contributed by atoms with van der Waals surface area (Å²) in [5.74, 6) is 1.12. The van der Waals surface area contributed by atoms with Crippen LogP contribution in [0.3, 0.4) is 0 Å². The van der Waals surface area contributed by atoms with E-state index in [1.54, 1.807) is 13.1 Å². The molecule has 0 radical (unpaired) electrons. The molecule has 2 heterocycles. The Morgan fingerprint density at radius 3 is 2.70 bits per heavy atom. The summed E-state index contributed by atoms with van der Waals surface area (Å²) in [6, 6.07) is 13.3. The van der Waals surface area contributed by atoms with Gasteiger partial charge in [0.25, 0.3) is 0 Å². The van der Waals surface area contributed by atoms with E-state index in [1.165, 1.54) is 17.7 Å². The number of ketones is 1. The summed E-state index contributed by atoms with van der Waals surface area (Å²) in [6.07, 6.45) is 3.90. The van der Waals surface area contributed by atoms with E-state index in [9.17, 15) is 19.5 Å². The van der Waals surface area contributed by atoms with Gasteiger partial charge in [-0.25, -0.2) is 4.79 Å². The number of esters is 1. The molecule has 1 saturated heterocycles. The first-order valence-electron chi connectivity index (χ1n) is 15.7. The van der Waals surface area contributed by atoms with Gasteiger partial charge in [0.05, 0.1) is 25.6 Å². The molecule has 5 atom stereocenters. The minimum atomic E-state index is -1.06. The Balaban J connectivity index is 1.06. The lowest BCUT2D eigenvalue weighted by Crippen LogP contribution is -2.80. The Morgan fingerprint density at radius 2 is 1.93 bits per heavy atom. The first-order valence-corrected chi connectivity index (χ1v) is 15.7. The Bertz CT molecular complexity index is 1460. The van der Waals surface area contributed by atoms with Crippen molar-refractivity contribution >= 4 is 17.8 Å². The second-order valence-electron chi connectivity index (χ2n) is 13.6. The lowest BCUT2D eigenvalue weighted by Gasteiger charge is -2.64. The van der Waals surface area contributed by atoms with E-state index in [2.05, 4.69) is 7.05 Å². The van der Waals surface area contributed by atoms with Gasteiger partial charge in [0.2, 0.25) is 0 Å². The maximum Gasteiger partial charge on any atom is 0.415 e. The monoisotopic (exact) mass is 589 g/mol. The molecule has 1 N–H and O–H groups in total. The minimum absolute atomic E-state index is 0.00147. The highest BCUT2D eigenvalue weighted by Gasteiger charge is 2.76. The first kappa shape index (κ1) is 28.3. The minimum Gasteiger partial charge on any atom is -0.477 e. The molecule has 2 saturated carbocycles. The molecule has 1 spiro atoms. The molecule has 9 nitrogen and oxygen atoms in total. The summed E-state index contributed by atoms with van der Waals surface area (Å²) in [4.78, 5) is 40.1. The predicted octanol–water partition coefficient (Wildman–Crippen LogP) is 3.92. The molecule has 2 aliphatic heterocycles. The van der Waals surface area contributed by atoms with Crippen molar-refractivity contribution in [3.8, 4) is 11.5 Å². The summed E-state index contributed by atoms with van der Waals surface area (Å²) in [5, 5.41) is 12.6. The van der Waals surface area contributed by atoms with Gasteiger partial charge in [0.15, 0.2) is 23.4 Å². The number of Topliss-reactive ketones (excluding diaryl/α,β-unsaturated/α-hetero) is 1. The number of hydrogen-bond donors (Lipinski definition) is 1. The molecule has 0 unspecified atom stereocenters. The third-order valence-corrected chi connectivity index (χ3v) is 10.9. The van der Waals surface area contributed by atoms with E-state index in [0.717, 1.165) is 40.2 Å². The van der Waals surface area contributed by atoms with Crippen molar-refractivity contribution in [2.75, 3.05) is 33.7 Å². The number of aliphatic hydroxyl groups is 1. The summed E-state index contributed by atoms with van der Waals surface area (Å²) in [6.45, 7) is 2.48. The van der Waals surface area contributed by atoms with Crippen molar-refractivity contribution in [1.29, 1.82) is 0 Å². The van der Waals surface area contributed by atoms with Crippen LogP contribution < -0.4 is 9.47 Å². The number of nitrogens with zero attached hydrogens (tertiary/aromatic N) is 2. The Morgan fingerprint density at radius 1 is 1.14 bits per heavy atom. The van der Waals surface area contributed by atoms with E-state index in [0.29, 0.717) is 38.0 Å². The number of hydrogen-bond acceptors (Lipinski definition) is 7. The van der Waals surface area contributed by atoms with Crippen molar-refractivity contribution in [2.45, 2.75) is 81.1 Å². The van der Waals surface area contributed by atoms with E-state index < -0.39 is 23.2 Å². The average molecular weight is 590 g/mol. The van der Waals surface area contributed by atoms with Crippen molar-refractivity contribution < 1.29 is 38.2 Å². The average Bonchev–Trinajstić information content (AvgIpc) is 3.73. The van der Waals surface area contributed by atoms with E-state index >= 15 is 0 Å². The van der Waals surface area contributed by atoms with E-state index in [1.807, 2.05) is 36.4 Å². The van der Waals surface area contributed by atoms with E-state index in [-0.39, 0.29) is 43.0 Å². The number of quaternary nitrogens is 1. The molecule has 228 valence electrons. The molecular formula is C34H41N2O7+. The van der Waals surface area contributed by atoms with Gasteiger partial charge in [-0.15, -0.1) is 0 Å². The maximum absolute atomic E-state index is 13.4. The molecule has 2 bridgehead atoms. The molecular weight excluding hydrogens is 548 g/mol. The van der Waals surface area contributed by atoms with Gasteiger partial charge >= 0.3 is 12.1 Å². The first-order chi connectivity index (χ1) is 20.6. The third-order valence-electron chi connectivity index (χ3n) is 10.9. The fourth-order valence-electron chi connectivity index (χ4n) is 8.54. The number of likely N-dealkylation sites (tertiary alicyclic amines) is 1. The Kier molecular flexibility index (Phi) is 6.81. The van der Waals surface area contributed by atoms with Crippen molar-refractivity contribution in [3.63, 3.8) is 0 Å². The zero-order valence-electron chi connectivity index (χ0n) is 25.0. The number of ether oxygens (including phenoxy) is 3. The van der Waals surface area contributed by atoms with E-state index in [4.69, 9.17) is 14.2 Å². The van der Waals surface area contributed by atoms with Gasteiger partial charge < -0.3 is 28.7 Å². The second-order valence-corrected chi connectivity index (χ2v) is 13.6. The van der Waals surface area contributed by atoms with Gasteiger partial charge in [-0.05, 0) is 42.9 Å². The topological polar surface area (TPSA) is 102 Å². The van der Waals surface area contributed by atoms with Crippen molar-refractivity contribution in [3.05, 3.63) is 59.2 Å². The van der Waals surface area contributed by atoms with Crippen LogP contribution in [0.5, 0.6) is 11.5 Å². The molecule has 2 aromatic rings. The Labute approximate surface area is 252 Å².